The molecule has 5 nitrogen and oxygen atoms in total. The van der Waals surface area contributed by atoms with Gasteiger partial charge in [-0.3, -0.25) is 9.59 Å². The van der Waals surface area contributed by atoms with E-state index in [0.29, 0.717) is 29.4 Å². The van der Waals surface area contributed by atoms with E-state index in [2.05, 4.69) is 5.32 Å². The summed E-state index contributed by atoms with van der Waals surface area (Å²) in [6.45, 7) is 1.08. The van der Waals surface area contributed by atoms with Gasteiger partial charge in [-0.05, 0) is 59.5 Å². The Morgan fingerprint density at radius 2 is 1.70 bits per heavy atom. The number of hydrogen-bond donors (Lipinski definition) is 1. The fourth-order valence-corrected chi connectivity index (χ4v) is 5.02. The first-order valence-corrected chi connectivity index (χ1v) is 12.1. The van der Waals surface area contributed by atoms with Crippen molar-refractivity contribution in [3.05, 3.63) is 100 Å². The van der Waals surface area contributed by atoms with E-state index in [1.54, 1.807) is 18.9 Å². The van der Waals surface area contributed by atoms with Crippen molar-refractivity contribution in [3.63, 3.8) is 0 Å². The Hall–Kier alpha value is -2.96. The number of ether oxygens (including phenoxy) is 1. The predicted octanol–water partition coefficient (Wildman–Crippen LogP) is 5.10. The molecule has 1 N–H and O–H groups in total. The number of nitrogens with zero attached hydrogens (tertiary/aromatic N) is 1. The van der Waals surface area contributed by atoms with Crippen LogP contribution in [0.1, 0.15) is 32.4 Å². The molecule has 0 aromatic heterocycles. The van der Waals surface area contributed by atoms with Gasteiger partial charge >= 0.3 is 0 Å². The molecule has 1 aliphatic rings. The van der Waals surface area contributed by atoms with Crippen LogP contribution in [-0.4, -0.2) is 36.1 Å². The van der Waals surface area contributed by atoms with Crippen LogP contribution in [0.15, 0.2) is 72.8 Å². The quantitative estimate of drug-likeness (QED) is 0.487. The first-order chi connectivity index (χ1) is 16.0. The fraction of sp³-hybridized carbons (Fsp3) is 0.231. The van der Waals surface area contributed by atoms with Crippen LogP contribution in [-0.2, 0) is 17.8 Å². The molecule has 0 spiro atoms. The molecular formula is C26H25ClN2O3S. The van der Waals surface area contributed by atoms with Crippen molar-refractivity contribution >= 4 is 35.2 Å². The Balaban J connectivity index is 1.34. The summed E-state index contributed by atoms with van der Waals surface area (Å²) in [6, 6.07) is 22.9. The lowest BCUT2D eigenvalue weighted by Crippen LogP contribution is -2.28. The van der Waals surface area contributed by atoms with E-state index < -0.39 is 0 Å². The Labute approximate surface area is 203 Å². The number of thioether (sulfide) groups is 1. The second-order valence-corrected chi connectivity index (χ2v) is 9.29. The molecule has 33 heavy (non-hydrogen) atoms. The first-order valence-electron chi connectivity index (χ1n) is 10.7. The molecular weight excluding hydrogens is 456 g/mol. The summed E-state index contributed by atoms with van der Waals surface area (Å²) >= 11 is 7.58. The number of amides is 2. The van der Waals surface area contributed by atoms with Gasteiger partial charge in [0, 0.05) is 23.7 Å². The van der Waals surface area contributed by atoms with Crippen LogP contribution in [0.4, 0.5) is 0 Å². The van der Waals surface area contributed by atoms with Crippen LogP contribution in [0.3, 0.4) is 0 Å². The van der Waals surface area contributed by atoms with Gasteiger partial charge in [-0.25, -0.2) is 0 Å². The number of rotatable bonds is 8. The minimum Gasteiger partial charge on any atom is -0.497 e. The maximum atomic E-state index is 12.5. The van der Waals surface area contributed by atoms with E-state index in [-0.39, 0.29) is 17.2 Å². The number of nitrogens with one attached hydrogen (secondary N) is 1. The molecule has 0 aliphatic carbocycles. The van der Waals surface area contributed by atoms with Crippen molar-refractivity contribution in [1.82, 2.24) is 10.2 Å². The van der Waals surface area contributed by atoms with Gasteiger partial charge in [0.1, 0.15) is 11.1 Å². The normalized spacial score (nSPS) is 15.5. The second-order valence-electron chi connectivity index (χ2n) is 7.79. The van der Waals surface area contributed by atoms with Crippen LogP contribution in [0.2, 0.25) is 5.02 Å². The van der Waals surface area contributed by atoms with Crippen LogP contribution < -0.4 is 10.1 Å². The Morgan fingerprint density at radius 3 is 2.36 bits per heavy atom. The molecule has 170 valence electrons. The molecule has 1 fully saturated rings. The van der Waals surface area contributed by atoms with Gasteiger partial charge in [-0.1, -0.05) is 48.0 Å². The van der Waals surface area contributed by atoms with Gasteiger partial charge in [0.2, 0.25) is 5.91 Å². The highest BCUT2D eigenvalue weighted by atomic mass is 35.5. The summed E-state index contributed by atoms with van der Waals surface area (Å²) in [6.07, 6.45) is 0.744. The number of benzene rings is 3. The highest BCUT2D eigenvalue weighted by Crippen LogP contribution is 2.39. The lowest BCUT2D eigenvalue weighted by Gasteiger charge is -2.24. The summed E-state index contributed by atoms with van der Waals surface area (Å²) in [5, 5.41) is 3.57. The summed E-state index contributed by atoms with van der Waals surface area (Å²) in [5.74, 6) is 1.27. The van der Waals surface area contributed by atoms with Crippen molar-refractivity contribution in [2.24, 2.45) is 0 Å². The first kappa shape index (κ1) is 23.2. The maximum absolute atomic E-state index is 12.5. The molecule has 1 aliphatic heterocycles. The van der Waals surface area contributed by atoms with Gasteiger partial charge < -0.3 is 15.0 Å². The maximum Gasteiger partial charge on any atom is 0.251 e. The molecule has 0 bridgehead atoms. The summed E-state index contributed by atoms with van der Waals surface area (Å²) < 4.78 is 5.16. The van der Waals surface area contributed by atoms with E-state index in [4.69, 9.17) is 16.3 Å². The zero-order valence-electron chi connectivity index (χ0n) is 18.3. The average molecular weight is 481 g/mol. The molecule has 1 saturated heterocycles. The number of carbonyl (C=O) groups excluding carboxylic acids is 2. The number of halogens is 1. The molecule has 7 heteroatoms. The van der Waals surface area contributed by atoms with Gasteiger partial charge in [0.25, 0.3) is 5.91 Å². The van der Waals surface area contributed by atoms with Crippen LogP contribution in [0.5, 0.6) is 5.75 Å². The van der Waals surface area contributed by atoms with E-state index in [1.807, 2.05) is 77.7 Å². The lowest BCUT2D eigenvalue weighted by atomic mass is 10.1. The van der Waals surface area contributed by atoms with Gasteiger partial charge in [0.05, 0.1) is 12.9 Å². The molecule has 2 amide bonds. The van der Waals surface area contributed by atoms with Crippen LogP contribution in [0.25, 0.3) is 0 Å². The SMILES string of the molecule is COc1ccc(CCNC(=O)c2ccc([C@@H]3SCC(=O)N3Cc3ccc(Cl)cc3)cc2)cc1. The third-order valence-electron chi connectivity index (χ3n) is 5.55. The summed E-state index contributed by atoms with van der Waals surface area (Å²) in [4.78, 5) is 26.9. The molecule has 0 unspecified atom stereocenters. The Bertz CT molecular complexity index is 1100. The third kappa shape index (κ3) is 5.89. The molecule has 1 atom stereocenters. The molecule has 4 rings (SSSR count). The number of carbonyl (C=O) groups is 2. The minimum atomic E-state index is -0.108. The zero-order valence-corrected chi connectivity index (χ0v) is 19.9. The predicted molar refractivity (Wildman–Crippen MR) is 133 cm³/mol. The Morgan fingerprint density at radius 1 is 1.03 bits per heavy atom. The minimum absolute atomic E-state index is 0.0691. The monoisotopic (exact) mass is 480 g/mol. The van der Waals surface area contributed by atoms with E-state index in [0.717, 1.165) is 28.9 Å². The summed E-state index contributed by atoms with van der Waals surface area (Å²) in [7, 11) is 1.64. The van der Waals surface area contributed by atoms with Crippen molar-refractivity contribution in [3.8, 4) is 5.75 Å². The van der Waals surface area contributed by atoms with Gasteiger partial charge in [-0.2, -0.15) is 0 Å². The van der Waals surface area contributed by atoms with E-state index in [9.17, 15) is 9.59 Å². The van der Waals surface area contributed by atoms with Crippen molar-refractivity contribution in [1.29, 1.82) is 0 Å². The third-order valence-corrected chi connectivity index (χ3v) is 7.06. The fourth-order valence-electron chi connectivity index (χ4n) is 3.70. The van der Waals surface area contributed by atoms with Crippen molar-refractivity contribution < 1.29 is 14.3 Å². The number of methoxy groups -OCH3 is 1. The number of hydrogen-bond acceptors (Lipinski definition) is 4. The molecule has 0 radical (unpaired) electrons. The average Bonchev–Trinajstić information content (AvgIpc) is 3.21. The second kappa shape index (κ2) is 10.8. The summed E-state index contributed by atoms with van der Waals surface area (Å²) in [5.41, 5.74) is 3.78. The molecule has 0 saturated carbocycles. The van der Waals surface area contributed by atoms with Crippen LogP contribution >= 0.6 is 23.4 Å². The van der Waals surface area contributed by atoms with Crippen molar-refractivity contribution in [2.75, 3.05) is 19.4 Å². The smallest absolute Gasteiger partial charge is 0.251 e. The zero-order chi connectivity index (χ0) is 23.2. The molecule has 3 aromatic rings. The topological polar surface area (TPSA) is 58.6 Å². The van der Waals surface area contributed by atoms with Gasteiger partial charge in [0.15, 0.2) is 0 Å². The largest absolute Gasteiger partial charge is 0.497 e. The molecule has 3 aromatic carbocycles. The van der Waals surface area contributed by atoms with Crippen molar-refractivity contribution in [2.45, 2.75) is 18.3 Å². The highest BCUT2D eigenvalue weighted by molar-refractivity contribution is 8.00. The van der Waals surface area contributed by atoms with E-state index in [1.165, 1.54) is 0 Å². The molecule has 1 heterocycles. The van der Waals surface area contributed by atoms with Crippen LogP contribution in [0, 0.1) is 0 Å². The van der Waals surface area contributed by atoms with E-state index >= 15 is 0 Å². The Kier molecular flexibility index (Phi) is 7.57. The highest BCUT2D eigenvalue weighted by Gasteiger charge is 2.32. The van der Waals surface area contributed by atoms with Gasteiger partial charge in [-0.15, -0.1) is 11.8 Å². The standard InChI is InChI=1S/C26H25ClN2O3S/c1-32-23-12-4-18(5-13-23)14-15-28-25(31)20-6-8-21(9-7-20)26-29(24(30)17-33-26)16-19-2-10-22(27)11-3-19/h2-13,26H,14-17H2,1H3,(H,28,31)/t26-/m0/s1. The lowest BCUT2D eigenvalue weighted by molar-refractivity contribution is -0.128.